The minimum Gasteiger partial charge on any atom is -0.435 e. The maximum Gasteiger partial charge on any atom is 0.227 e. The summed E-state index contributed by atoms with van der Waals surface area (Å²) in [4.78, 5) is 20.2. The van der Waals surface area contributed by atoms with Crippen molar-refractivity contribution in [1.29, 1.82) is 0 Å². The van der Waals surface area contributed by atoms with Crippen molar-refractivity contribution in [3.8, 4) is 56.7 Å². The fourth-order valence-corrected chi connectivity index (χ4v) is 7.89. The van der Waals surface area contributed by atoms with Crippen LogP contribution in [0, 0.1) is 0 Å². The Morgan fingerprint density at radius 2 is 1.08 bits per heavy atom. The second-order valence-electron chi connectivity index (χ2n) is 12.2. The number of oxazole rings is 1. The highest BCUT2D eigenvalue weighted by Crippen LogP contribution is 2.41. The van der Waals surface area contributed by atoms with E-state index in [0.717, 1.165) is 55.3 Å². The van der Waals surface area contributed by atoms with E-state index in [9.17, 15) is 0 Å². The Labute approximate surface area is 291 Å². The summed E-state index contributed by atoms with van der Waals surface area (Å²) in [5, 5.41) is 4.51. The second-order valence-corrected chi connectivity index (χ2v) is 13.3. The van der Waals surface area contributed by atoms with Gasteiger partial charge in [-0.15, -0.1) is 11.3 Å². The Hall–Kier alpha value is -6.50. The molecule has 0 radical (unpaired) electrons. The van der Waals surface area contributed by atoms with Gasteiger partial charge in [-0.05, 0) is 59.0 Å². The monoisotopic (exact) mass is 658 g/mol. The molecule has 0 amide bonds. The Morgan fingerprint density at radius 3 is 1.92 bits per heavy atom. The Bertz CT molecular complexity index is 2880. The van der Waals surface area contributed by atoms with Crippen molar-refractivity contribution < 1.29 is 4.42 Å². The maximum atomic E-state index is 6.54. The van der Waals surface area contributed by atoms with Crippen LogP contribution in [0.15, 0.2) is 162 Å². The lowest BCUT2D eigenvalue weighted by Crippen LogP contribution is -2.01. The number of aromatic nitrogens is 4. The summed E-state index contributed by atoms with van der Waals surface area (Å²) in [6, 6.07) is 54.0. The first-order valence-electron chi connectivity index (χ1n) is 16.5. The molecular weight excluding hydrogens is 633 g/mol. The summed E-state index contributed by atoms with van der Waals surface area (Å²) in [5.41, 5.74) is 7.31. The van der Waals surface area contributed by atoms with Gasteiger partial charge in [0.05, 0.1) is 0 Å². The minimum atomic E-state index is 0.598. The van der Waals surface area contributed by atoms with Crippen LogP contribution in [-0.2, 0) is 0 Å². The number of thiophene rings is 1. The van der Waals surface area contributed by atoms with Crippen molar-refractivity contribution in [3.63, 3.8) is 0 Å². The first-order valence-corrected chi connectivity index (χ1v) is 17.3. The van der Waals surface area contributed by atoms with Crippen LogP contribution in [0.2, 0.25) is 0 Å². The van der Waals surface area contributed by atoms with E-state index in [1.54, 1.807) is 11.3 Å². The van der Waals surface area contributed by atoms with Crippen molar-refractivity contribution in [2.24, 2.45) is 0 Å². The van der Waals surface area contributed by atoms with Crippen molar-refractivity contribution in [1.82, 2.24) is 19.9 Å². The van der Waals surface area contributed by atoms with Crippen LogP contribution in [-0.4, -0.2) is 19.9 Å². The van der Waals surface area contributed by atoms with E-state index in [0.29, 0.717) is 23.4 Å². The van der Waals surface area contributed by atoms with E-state index in [4.69, 9.17) is 24.4 Å². The largest absolute Gasteiger partial charge is 0.435 e. The third-order valence-electron chi connectivity index (χ3n) is 9.18. The molecule has 0 bridgehead atoms. The van der Waals surface area contributed by atoms with E-state index in [-0.39, 0.29) is 0 Å². The fourth-order valence-electron chi connectivity index (χ4n) is 6.80. The molecule has 0 unspecified atom stereocenters. The van der Waals surface area contributed by atoms with Gasteiger partial charge in [0.15, 0.2) is 23.1 Å². The predicted octanol–water partition coefficient (Wildman–Crippen LogP) is 11.9. The van der Waals surface area contributed by atoms with E-state index in [2.05, 4.69) is 84.9 Å². The number of benzene rings is 7. The molecule has 0 atom stereocenters. The molecular formula is C44H26N4OS. The van der Waals surface area contributed by atoms with Crippen LogP contribution >= 0.6 is 11.3 Å². The van der Waals surface area contributed by atoms with Crippen LogP contribution in [0.25, 0.3) is 98.8 Å². The highest BCUT2D eigenvalue weighted by Gasteiger charge is 2.20. The van der Waals surface area contributed by atoms with Gasteiger partial charge in [-0.2, -0.15) is 0 Å². The van der Waals surface area contributed by atoms with Crippen LogP contribution in [0.1, 0.15) is 0 Å². The Morgan fingerprint density at radius 1 is 0.420 bits per heavy atom. The lowest BCUT2D eigenvalue weighted by atomic mass is 9.93. The molecule has 3 aromatic heterocycles. The van der Waals surface area contributed by atoms with Crippen molar-refractivity contribution in [2.45, 2.75) is 0 Å². The second kappa shape index (κ2) is 11.6. The van der Waals surface area contributed by atoms with Gasteiger partial charge in [0, 0.05) is 47.8 Å². The zero-order valence-corrected chi connectivity index (χ0v) is 27.4. The molecule has 6 heteroatoms. The van der Waals surface area contributed by atoms with Crippen LogP contribution in [0.5, 0.6) is 0 Å². The molecule has 7 aromatic carbocycles. The lowest BCUT2D eigenvalue weighted by molar-refractivity contribution is 0.623. The summed E-state index contributed by atoms with van der Waals surface area (Å²) in [5.74, 6) is 2.45. The molecule has 0 aliphatic carbocycles. The van der Waals surface area contributed by atoms with E-state index in [1.807, 2.05) is 72.8 Å². The summed E-state index contributed by atoms with van der Waals surface area (Å²) in [6.07, 6.45) is 0. The SMILES string of the molecule is c1ccc(-c2nc(-c3ccc4sc5ccccc5c4c3)nc(-c3ccccc3-c3cccc4ccc5nc(-c6ccccc6)oc5c34)n2)cc1. The first kappa shape index (κ1) is 28.5. The molecule has 5 nitrogen and oxygen atoms in total. The van der Waals surface area contributed by atoms with Crippen molar-refractivity contribution in [3.05, 3.63) is 158 Å². The molecule has 10 aromatic rings. The number of fused-ring (bicyclic) bond motifs is 6. The van der Waals surface area contributed by atoms with Gasteiger partial charge in [-0.1, -0.05) is 115 Å². The molecule has 3 heterocycles. The lowest BCUT2D eigenvalue weighted by Gasteiger charge is -2.14. The zero-order valence-electron chi connectivity index (χ0n) is 26.6. The number of hydrogen-bond donors (Lipinski definition) is 0. The maximum absolute atomic E-state index is 6.54. The van der Waals surface area contributed by atoms with Gasteiger partial charge in [-0.3, -0.25) is 0 Å². The third kappa shape index (κ3) is 4.77. The standard InChI is InChI=1S/C44H26N4OS/c1-3-12-28(13-4-1)41-46-42(30-23-25-38-35(26-30)32-18-9-10-21-37(32)50-38)48-43(47-41)34-19-8-7-17-31(34)33-20-11-16-27-22-24-36-40(39(27)33)49-44(45-36)29-14-5-2-6-15-29/h1-26H. The highest BCUT2D eigenvalue weighted by molar-refractivity contribution is 7.25. The molecule has 0 aliphatic heterocycles. The average molecular weight is 659 g/mol. The third-order valence-corrected chi connectivity index (χ3v) is 10.3. The van der Waals surface area contributed by atoms with Gasteiger partial charge >= 0.3 is 0 Å². The molecule has 50 heavy (non-hydrogen) atoms. The predicted molar refractivity (Wildman–Crippen MR) is 205 cm³/mol. The molecule has 0 fully saturated rings. The number of hydrogen-bond acceptors (Lipinski definition) is 6. The molecule has 10 rings (SSSR count). The Kier molecular flexibility index (Phi) is 6.60. The molecule has 0 spiro atoms. The van der Waals surface area contributed by atoms with Crippen molar-refractivity contribution in [2.75, 3.05) is 0 Å². The first-order chi connectivity index (χ1) is 24.8. The zero-order chi connectivity index (χ0) is 33.0. The normalized spacial score (nSPS) is 11.6. The number of rotatable bonds is 5. The molecule has 0 saturated carbocycles. The molecule has 0 aliphatic rings. The molecule has 0 saturated heterocycles. The van der Waals surface area contributed by atoms with Crippen molar-refractivity contribution >= 4 is 53.4 Å². The molecule has 0 N–H and O–H groups in total. The minimum absolute atomic E-state index is 0.598. The summed E-state index contributed by atoms with van der Waals surface area (Å²) >= 11 is 1.80. The smallest absolute Gasteiger partial charge is 0.227 e. The van der Waals surface area contributed by atoms with Gasteiger partial charge in [0.25, 0.3) is 0 Å². The topological polar surface area (TPSA) is 64.7 Å². The molecule has 234 valence electrons. The summed E-state index contributed by atoms with van der Waals surface area (Å²) in [7, 11) is 0. The summed E-state index contributed by atoms with van der Waals surface area (Å²) in [6.45, 7) is 0. The number of nitrogens with zero attached hydrogens (tertiary/aromatic N) is 4. The van der Waals surface area contributed by atoms with Gasteiger partial charge in [0.2, 0.25) is 5.89 Å². The van der Waals surface area contributed by atoms with Crippen LogP contribution < -0.4 is 0 Å². The average Bonchev–Trinajstić information content (AvgIpc) is 3.80. The van der Waals surface area contributed by atoms with Gasteiger partial charge in [0.1, 0.15) is 5.52 Å². The van der Waals surface area contributed by atoms with Gasteiger partial charge < -0.3 is 4.42 Å². The van der Waals surface area contributed by atoms with E-state index < -0.39 is 0 Å². The van der Waals surface area contributed by atoms with Crippen LogP contribution in [0.4, 0.5) is 0 Å². The Balaban J connectivity index is 1.19. The fraction of sp³-hybridized carbons (Fsp3) is 0. The summed E-state index contributed by atoms with van der Waals surface area (Å²) < 4.78 is 9.04. The highest BCUT2D eigenvalue weighted by atomic mass is 32.1. The van der Waals surface area contributed by atoms with Gasteiger partial charge in [-0.25, -0.2) is 19.9 Å². The quantitative estimate of drug-likeness (QED) is 0.184. The van der Waals surface area contributed by atoms with E-state index >= 15 is 0 Å². The van der Waals surface area contributed by atoms with Crippen LogP contribution in [0.3, 0.4) is 0 Å². The van der Waals surface area contributed by atoms with E-state index in [1.165, 1.54) is 20.2 Å².